The topological polar surface area (TPSA) is 114 Å². The smallest absolute Gasteiger partial charge is 0.239 e. The lowest BCUT2D eigenvalue weighted by Gasteiger charge is -2.12. The summed E-state index contributed by atoms with van der Waals surface area (Å²) in [5.41, 5.74) is 3.35. The van der Waals surface area contributed by atoms with Gasteiger partial charge >= 0.3 is 0 Å². The number of amides is 1. The highest BCUT2D eigenvalue weighted by Crippen LogP contribution is 2.18. The van der Waals surface area contributed by atoms with Gasteiger partial charge in [-0.2, -0.15) is 0 Å². The minimum Gasteiger partial charge on any atom is -0.383 e. The van der Waals surface area contributed by atoms with Crippen LogP contribution in [0.4, 0.5) is 11.6 Å². The second kappa shape index (κ2) is 8.22. The highest BCUT2D eigenvalue weighted by atomic mass is 16.5. The van der Waals surface area contributed by atoms with Crippen LogP contribution in [0.2, 0.25) is 0 Å². The molecule has 0 unspecified atom stereocenters. The van der Waals surface area contributed by atoms with Crippen LogP contribution in [0.5, 0.6) is 0 Å². The molecule has 0 atom stereocenters. The van der Waals surface area contributed by atoms with Crippen molar-refractivity contribution in [2.75, 3.05) is 37.5 Å². The van der Waals surface area contributed by atoms with Crippen LogP contribution in [0.3, 0.4) is 0 Å². The van der Waals surface area contributed by atoms with Crippen molar-refractivity contribution in [1.29, 1.82) is 0 Å². The summed E-state index contributed by atoms with van der Waals surface area (Å²) in [6.07, 6.45) is 2.09. The van der Waals surface area contributed by atoms with Gasteiger partial charge in [0, 0.05) is 19.2 Å². The Hall–Kier alpha value is -1.93. The number of anilines is 2. The van der Waals surface area contributed by atoms with Crippen molar-refractivity contribution in [2.45, 2.75) is 13.3 Å². The molecule has 5 N–H and O–H groups in total. The van der Waals surface area contributed by atoms with Gasteiger partial charge in [0.15, 0.2) is 0 Å². The zero-order chi connectivity index (χ0) is 14.1. The molecular weight excluding hydrogens is 248 g/mol. The number of nitrogens with zero attached hydrogens (tertiary/aromatic N) is 2. The Morgan fingerprint density at radius 1 is 1.42 bits per heavy atom. The van der Waals surface area contributed by atoms with E-state index in [4.69, 9.17) is 10.6 Å². The first kappa shape index (κ1) is 15.1. The first-order valence-corrected chi connectivity index (χ1v) is 6.02. The van der Waals surface area contributed by atoms with Crippen molar-refractivity contribution in [1.82, 2.24) is 15.3 Å². The summed E-state index contributed by atoms with van der Waals surface area (Å²) in [4.78, 5) is 19.6. The molecule has 0 aliphatic heterocycles. The van der Waals surface area contributed by atoms with Gasteiger partial charge in [0.05, 0.1) is 13.2 Å². The second-order valence-electron chi connectivity index (χ2n) is 3.74. The van der Waals surface area contributed by atoms with Gasteiger partial charge in [-0.25, -0.2) is 15.8 Å². The van der Waals surface area contributed by atoms with E-state index < -0.39 is 0 Å². The molecule has 1 rings (SSSR count). The van der Waals surface area contributed by atoms with Crippen molar-refractivity contribution in [3.05, 3.63) is 11.9 Å². The summed E-state index contributed by atoms with van der Waals surface area (Å²) in [6, 6.07) is 0. The Labute approximate surface area is 112 Å². The highest BCUT2D eigenvalue weighted by molar-refractivity contribution is 5.80. The van der Waals surface area contributed by atoms with E-state index in [0.717, 1.165) is 5.56 Å². The molecule has 19 heavy (non-hydrogen) atoms. The fourth-order valence-electron chi connectivity index (χ4n) is 1.54. The van der Waals surface area contributed by atoms with E-state index in [1.165, 1.54) is 6.33 Å². The van der Waals surface area contributed by atoms with Crippen LogP contribution in [-0.2, 0) is 16.0 Å². The van der Waals surface area contributed by atoms with Crippen molar-refractivity contribution in [2.24, 2.45) is 5.84 Å². The maximum Gasteiger partial charge on any atom is 0.239 e. The van der Waals surface area contributed by atoms with Crippen LogP contribution < -0.4 is 21.9 Å². The molecule has 0 aliphatic carbocycles. The van der Waals surface area contributed by atoms with Crippen LogP contribution in [0, 0.1) is 0 Å². The lowest BCUT2D eigenvalue weighted by Crippen LogP contribution is -2.32. The molecule has 0 radical (unpaired) electrons. The van der Waals surface area contributed by atoms with Gasteiger partial charge < -0.3 is 20.8 Å². The van der Waals surface area contributed by atoms with E-state index in [1.54, 1.807) is 7.11 Å². The number of nitrogens with one attached hydrogen (secondary N) is 3. The summed E-state index contributed by atoms with van der Waals surface area (Å²) < 4.78 is 4.84. The third-order valence-electron chi connectivity index (χ3n) is 2.48. The van der Waals surface area contributed by atoms with Crippen molar-refractivity contribution in [3.63, 3.8) is 0 Å². The minimum absolute atomic E-state index is 0.125. The Kier molecular flexibility index (Phi) is 6.55. The van der Waals surface area contributed by atoms with Crippen LogP contribution in [0.1, 0.15) is 12.5 Å². The summed E-state index contributed by atoms with van der Waals surface area (Å²) in [7, 11) is 1.58. The fraction of sp³-hybridized carbons (Fsp3) is 0.545. The fourth-order valence-corrected chi connectivity index (χ4v) is 1.54. The van der Waals surface area contributed by atoms with Gasteiger partial charge in [0.1, 0.15) is 18.0 Å². The lowest BCUT2D eigenvalue weighted by molar-refractivity contribution is -0.119. The average molecular weight is 268 g/mol. The molecule has 0 aromatic carbocycles. The number of hydrazine groups is 1. The Bertz CT molecular complexity index is 412. The number of aromatic nitrogens is 2. The van der Waals surface area contributed by atoms with E-state index in [2.05, 4.69) is 26.0 Å². The molecule has 1 amide bonds. The molecule has 0 saturated heterocycles. The summed E-state index contributed by atoms with van der Waals surface area (Å²) in [5.74, 6) is 6.41. The molecular formula is C11H20N6O2. The number of carbonyl (C=O) groups is 1. The van der Waals surface area contributed by atoms with E-state index in [9.17, 15) is 4.79 Å². The number of hydrogen-bond donors (Lipinski definition) is 4. The normalized spacial score (nSPS) is 10.1. The molecule has 8 heteroatoms. The van der Waals surface area contributed by atoms with Crippen LogP contribution >= 0.6 is 0 Å². The predicted octanol–water partition coefficient (Wildman–Crippen LogP) is -0.501. The van der Waals surface area contributed by atoms with E-state index >= 15 is 0 Å². The minimum atomic E-state index is -0.125. The number of carbonyl (C=O) groups excluding carboxylic acids is 1. The third-order valence-corrected chi connectivity index (χ3v) is 2.48. The molecule has 1 aromatic heterocycles. The van der Waals surface area contributed by atoms with Gasteiger partial charge in [-0.3, -0.25) is 4.79 Å². The number of rotatable bonds is 8. The first-order valence-electron chi connectivity index (χ1n) is 6.02. The van der Waals surface area contributed by atoms with E-state index in [1.807, 2.05) is 6.92 Å². The molecule has 0 spiro atoms. The number of nitrogen functional groups attached to an aromatic ring is 1. The zero-order valence-electron chi connectivity index (χ0n) is 11.2. The van der Waals surface area contributed by atoms with Gasteiger partial charge in [0.25, 0.3) is 0 Å². The van der Waals surface area contributed by atoms with Crippen LogP contribution in [-0.4, -0.2) is 42.7 Å². The maximum atomic E-state index is 11.5. The molecule has 0 saturated carbocycles. The number of nitrogens with two attached hydrogens (primary N) is 1. The zero-order valence-corrected chi connectivity index (χ0v) is 11.2. The molecule has 0 fully saturated rings. The number of ether oxygens (including phenoxy) is 1. The molecule has 1 aromatic rings. The summed E-state index contributed by atoms with van der Waals surface area (Å²) in [5, 5.41) is 5.68. The maximum absolute atomic E-state index is 11.5. The van der Waals surface area contributed by atoms with E-state index in [-0.39, 0.29) is 12.5 Å². The Morgan fingerprint density at radius 2 is 2.16 bits per heavy atom. The van der Waals surface area contributed by atoms with Gasteiger partial charge in [-0.1, -0.05) is 6.92 Å². The van der Waals surface area contributed by atoms with Gasteiger partial charge in [0.2, 0.25) is 5.91 Å². The van der Waals surface area contributed by atoms with Gasteiger partial charge in [-0.05, 0) is 6.42 Å². The largest absolute Gasteiger partial charge is 0.383 e. The van der Waals surface area contributed by atoms with Crippen molar-refractivity contribution < 1.29 is 9.53 Å². The average Bonchev–Trinajstić information content (AvgIpc) is 2.44. The van der Waals surface area contributed by atoms with Crippen LogP contribution in [0.15, 0.2) is 6.33 Å². The molecule has 0 bridgehead atoms. The molecule has 8 nitrogen and oxygen atoms in total. The molecule has 1 heterocycles. The predicted molar refractivity (Wildman–Crippen MR) is 72.6 cm³/mol. The van der Waals surface area contributed by atoms with Crippen molar-refractivity contribution >= 4 is 17.5 Å². The van der Waals surface area contributed by atoms with Crippen molar-refractivity contribution in [3.8, 4) is 0 Å². The third kappa shape index (κ3) is 4.68. The number of hydrogen-bond acceptors (Lipinski definition) is 7. The van der Waals surface area contributed by atoms with Gasteiger partial charge in [-0.15, -0.1) is 0 Å². The first-order chi connectivity index (χ1) is 9.22. The monoisotopic (exact) mass is 268 g/mol. The number of methoxy groups -OCH3 is 1. The van der Waals surface area contributed by atoms with Crippen LogP contribution in [0.25, 0.3) is 0 Å². The molecule has 0 aliphatic rings. The Balaban J connectivity index is 2.55. The summed E-state index contributed by atoms with van der Waals surface area (Å²) >= 11 is 0. The lowest BCUT2D eigenvalue weighted by atomic mass is 10.2. The quantitative estimate of drug-likeness (QED) is 0.285. The highest BCUT2D eigenvalue weighted by Gasteiger charge is 2.09. The molecule has 106 valence electrons. The second-order valence-corrected chi connectivity index (χ2v) is 3.74. The standard InChI is InChI=1S/C11H20N6O2/c1-3-8-10(15-7-16-11(8)17-12)14-6-9(18)13-4-5-19-2/h7H,3-6,12H2,1-2H3,(H,13,18)(H2,14,15,16,17). The SMILES string of the molecule is CCc1c(NN)ncnc1NCC(=O)NCCOC. The summed E-state index contributed by atoms with van der Waals surface area (Å²) in [6.45, 7) is 3.07. The Morgan fingerprint density at radius 3 is 2.79 bits per heavy atom. The van der Waals surface area contributed by atoms with E-state index in [0.29, 0.717) is 31.2 Å².